The van der Waals surface area contributed by atoms with Crippen molar-refractivity contribution in [1.29, 1.82) is 0 Å². The van der Waals surface area contributed by atoms with Crippen molar-refractivity contribution in [2.24, 2.45) is 0 Å². The molecule has 0 amide bonds. The Bertz CT molecular complexity index is 471. The fraction of sp³-hybridized carbons (Fsp3) is 0.962. The summed E-state index contributed by atoms with van der Waals surface area (Å²) in [6.45, 7) is 11.8. The van der Waals surface area contributed by atoms with Crippen molar-refractivity contribution in [2.45, 2.75) is 19.8 Å². The van der Waals surface area contributed by atoms with Crippen molar-refractivity contribution in [3.8, 4) is 0 Å². The van der Waals surface area contributed by atoms with Gasteiger partial charge < -0.3 is 57.2 Å². The molecule has 0 aliphatic heterocycles. The minimum absolute atomic E-state index is 0.0238. The van der Waals surface area contributed by atoms with E-state index in [1.807, 2.05) is 6.92 Å². The molecule has 0 radical (unpaired) electrons. The molecule has 0 aliphatic rings. The molecule has 13 nitrogen and oxygen atoms in total. The first kappa shape index (κ1) is 38.0. The molecule has 39 heavy (non-hydrogen) atoms. The molecule has 0 bridgehead atoms. The van der Waals surface area contributed by atoms with Gasteiger partial charge in [0, 0.05) is 6.42 Å². The van der Waals surface area contributed by atoms with Crippen LogP contribution in [0.25, 0.3) is 0 Å². The third-order valence-corrected chi connectivity index (χ3v) is 4.53. The first-order valence-corrected chi connectivity index (χ1v) is 13.8. The minimum Gasteiger partial charge on any atom is -0.463 e. The van der Waals surface area contributed by atoms with Crippen molar-refractivity contribution >= 4 is 5.97 Å². The summed E-state index contributed by atoms with van der Waals surface area (Å²) in [5.74, 6) is -0.189. The van der Waals surface area contributed by atoms with Gasteiger partial charge in [0.05, 0.1) is 139 Å². The van der Waals surface area contributed by atoms with Gasteiger partial charge in [0.2, 0.25) is 0 Å². The third-order valence-electron chi connectivity index (χ3n) is 4.53. The Morgan fingerprint density at radius 1 is 0.410 bits per heavy atom. The highest BCUT2D eigenvalue weighted by atomic mass is 16.6. The summed E-state index contributed by atoms with van der Waals surface area (Å²) in [4.78, 5) is 11.2. The number of carbonyl (C=O) groups is 1. The molecule has 0 atom stereocenters. The molecular weight excluding hydrogens is 520 g/mol. The Morgan fingerprint density at radius 2 is 0.641 bits per heavy atom. The zero-order chi connectivity index (χ0) is 28.3. The zero-order valence-corrected chi connectivity index (χ0v) is 23.8. The number of hydrogen-bond donors (Lipinski definition) is 1. The van der Waals surface area contributed by atoms with Crippen LogP contribution in [0.15, 0.2) is 0 Å². The quantitative estimate of drug-likeness (QED) is 0.0846. The van der Waals surface area contributed by atoms with E-state index in [1.54, 1.807) is 0 Å². The van der Waals surface area contributed by atoms with Gasteiger partial charge in [-0.3, -0.25) is 4.79 Å². The Kier molecular flexibility index (Phi) is 34.2. The van der Waals surface area contributed by atoms with Crippen LogP contribution in [-0.4, -0.2) is 156 Å². The third kappa shape index (κ3) is 35.0. The van der Waals surface area contributed by atoms with Crippen LogP contribution < -0.4 is 0 Å². The highest BCUT2D eigenvalue weighted by Gasteiger charge is 2.00. The predicted molar refractivity (Wildman–Crippen MR) is 141 cm³/mol. The second-order valence-electron chi connectivity index (χ2n) is 7.82. The maximum atomic E-state index is 11.2. The second kappa shape index (κ2) is 35.1. The van der Waals surface area contributed by atoms with Crippen LogP contribution in [-0.2, 0) is 56.9 Å². The van der Waals surface area contributed by atoms with Crippen LogP contribution in [0.2, 0.25) is 0 Å². The van der Waals surface area contributed by atoms with E-state index in [4.69, 9.17) is 57.2 Å². The Labute approximate surface area is 233 Å². The van der Waals surface area contributed by atoms with E-state index in [2.05, 4.69) is 0 Å². The molecule has 0 aliphatic carbocycles. The summed E-state index contributed by atoms with van der Waals surface area (Å²) in [5, 5.41) is 8.56. The van der Waals surface area contributed by atoms with Crippen molar-refractivity contribution in [3.05, 3.63) is 0 Å². The van der Waals surface area contributed by atoms with Crippen LogP contribution in [0.4, 0.5) is 0 Å². The van der Waals surface area contributed by atoms with Crippen molar-refractivity contribution in [3.63, 3.8) is 0 Å². The lowest BCUT2D eigenvalue weighted by molar-refractivity contribution is -0.145. The second-order valence-corrected chi connectivity index (χ2v) is 7.82. The molecule has 234 valence electrons. The maximum Gasteiger partial charge on any atom is 0.305 e. The lowest BCUT2D eigenvalue weighted by Crippen LogP contribution is -2.15. The lowest BCUT2D eigenvalue weighted by Gasteiger charge is -2.09. The molecule has 0 fully saturated rings. The number of hydrogen-bond acceptors (Lipinski definition) is 13. The molecule has 0 unspecified atom stereocenters. The van der Waals surface area contributed by atoms with Gasteiger partial charge in [-0.2, -0.15) is 0 Å². The van der Waals surface area contributed by atoms with E-state index in [0.717, 1.165) is 6.42 Å². The van der Waals surface area contributed by atoms with Gasteiger partial charge in [-0.1, -0.05) is 6.92 Å². The van der Waals surface area contributed by atoms with Gasteiger partial charge in [0.15, 0.2) is 0 Å². The highest BCUT2D eigenvalue weighted by molar-refractivity contribution is 5.69. The predicted octanol–water partition coefficient (Wildman–Crippen LogP) is 0.488. The molecule has 13 heteroatoms. The first-order chi connectivity index (χ1) is 19.3. The van der Waals surface area contributed by atoms with Gasteiger partial charge in [0.25, 0.3) is 0 Å². The van der Waals surface area contributed by atoms with Crippen LogP contribution >= 0.6 is 0 Å². The van der Waals surface area contributed by atoms with Gasteiger partial charge in [-0.15, -0.1) is 0 Å². The number of rotatable bonds is 34. The van der Waals surface area contributed by atoms with Crippen molar-refractivity contribution in [2.75, 3.05) is 145 Å². The molecule has 0 rings (SSSR count). The van der Waals surface area contributed by atoms with E-state index in [-0.39, 0.29) is 19.2 Å². The van der Waals surface area contributed by atoms with Gasteiger partial charge in [0.1, 0.15) is 6.61 Å². The molecule has 1 N–H and O–H groups in total. The number of ether oxygens (including phenoxy) is 11. The topological polar surface area (TPSA) is 139 Å². The summed E-state index contributed by atoms with van der Waals surface area (Å²) in [6.07, 6.45) is 1.23. The zero-order valence-electron chi connectivity index (χ0n) is 23.8. The number of aliphatic hydroxyl groups is 1. The standard InChI is InChI=1S/C26H52O13/c1-2-3-26(28)39-25-24-38-23-22-37-21-20-36-19-18-35-17-16-34-15-14-33-13-12-32-11-10-31-9-8-30-7-6-29-5-4-27/h27H,2-25H2,1H3. The maximum absolute atomic E-state index is 11.2. The lowest BCUT2D eigenvalue weighted by atomic mass is 10.3. The van der Waals surface area contributed by atoms with Crippen molar-refractivity contribution in [1.82, 2.24) is 0 Å². The molecule has 0 heterocycles. The summed E-state index contributed by atoms with van der Waals surface area (Å²) in [7, 11) is 0. The van der Waals surface area contributed by atoms with Crippen LogP contribution in [0, 0.1) is 0 Å². The summed E-state index contributed by atoms with van der Waals surface area (Å²) in [5.41, 5.74) is 0. The highest BCUT2D eigenvalue weighted by Crippen LogP contribution is 1.91. The van der Waals surface area contributed by atoms with Crippen LogP contribution in [0.3, 0.4) is 0 Å². The van der Waals surface area contributed by atoms with E-state index in [9.17, 15) is 4.79 Å². The molecule has 0 saturated heterocycles. The first-order valence-electron chi connectivity index (χ1n) is 13.8. The normalized spacial score (nSPS) is 11.3. The van der Waals surface area contributed by atoms with E-state index in [0.29, 0.717) is 139 Å². The molecule has 0 saturated carbocycles. The monoisotopic (exact) mass is 572 g/mol. The average Bonchev–Trinajstić information content (AvgIpc) is 2.94. The number of carbonyl (C=O) groups excluding carboxylic acids is 1. The average molecular weight is 573 g/mol. The Morgan fingerprint density at radius 3 is 0.872 bits per heavy atom. The molecule has 0 aromatic rings. The Hall–Kier alpha value is -0.970. The number of esters is 1. The largest absolute Gasteiger partial charge is 0.463 e. The van der Waals surface area contributed by atoms with Gasteiger partial charge >= 0.3 is 5.97 Å². The van der Waals surface area contributed by atoms with Gasteiger partial charge in [-0.05, 0) is 6.42 Å². The fourth-order valence-electron chi connectivity index (χ4n) is 2.64. The molecule has 0 aromatic carbocycles. The fourth-order valence-corrected chi connectivity index (χ4v) is 2.64. The summed E-state index contributed by atoms with van der Waals surface area (Å²) in [6, 6.07) is 0. The Balaban J connectivity index is 3.04. The molecule has 0 spiro atoms. The SMILES string of the molecule is CCCC(=O)OCCOCCOCCOCCOCCOCCOCCOCCOCCOCCOCCO. The van der Waals surface area contributed by atoms with E-state index in [1.165, 1.54) is 0 Å². The minimum atomic E-state index is -0.189. The van der Waals surface area contributed by atoms with Crippen molar-refractivity contribution < 1.29 is 62.0 Å². The smallest absolute Gasteiger partial charge is 0.305 e. The van der Waals surface area contributed by atoms with Crippen LogP contribution in [0.5, 0.6) is 0 Å². The van der Waals surface area contributed by atoms with E-state index < -0.39 is 0 Å². The van der Waals surface area contributed by atoms with E-state index >= 15 is 0 Å². The molecule has 0 aromatic heterocycles. The van der Waals surface area contributed by atoms with Crippen LogP contribution in [0.1, 0.15) is 19.8 Å². The van der Waals surface area contributed by atoms with Gasteiger partial charge in [-0.25, -0.2) is 0 Å². The summed E-state index contributed by atoms with van der Waals surface area (Å²) >= 11 is 0. The number of aliphatic hydroxyl groups excluding tert-OH is 1. The summed E-state index contributed by atoms with van der Waals surface area (Å²) < 4.78 is 58.6. The molecular formula is C26H52O13.